The number of amides is 3. The summed E-state index contributed by atoms with van der Waals surface area (Å²) in [5, 5.41) is 24.1. The van der Waals surface area contributed by atoms with E-state index in [-0.39, 0.29) is 31.6 Å². The van der Waals surface area contributed by atoms with Crippen LogP contribution in [-0.4, -0.2) is 89.7 Å². The number of hydrogen-bond donors (Lipinski definition) is 4. The van der Waals surface area contributed by atoms with Crippen molar-refractivity contribution >= 4 is 68.9 Å². The predicted molar refractivity (Wildman–Crippen MR) is 197 cm³/mol. The van der Waals surface area contributed by atoms with Gasteiger partial charge in [-0.15, -0.1) is 0 Å². The summed E-state index contributed by atoms with van der Waals surface area (Å²) < 4.78 is 36.8. The fourth-order valence-electron chi connectivity index (χ4n) is 6.43. The lowest BCUT2D eigenvalue weighted by atomic mass is 9.86. The van der Waals surface area contributed by atoms with E-state index in [9.17, 15) is 47.4 Å². The van der Waals surface area contributed by atoms with Crippen LogP contribution in [0.3, 0.4) is 0 Å². The number of fused-ring (bicyclic) bond motifs is 1. The quantitative estimate of drug-likeness (QED) is 0.0972. The van der Waals surface area contributed by atoms with Crippen molar-refractivity contribution in [3.63, 3.8) is 0 Å². The molecule has 2 heterocycles. The van der Waals surface area contributed by atoms with Crippen LogP contribution >= 0.6 is 23.2 Å². The molecule has 2 aliphatic heterocycles. The number of β-lactam (4-membered cyclic amide) rings is 1. The maximum Gasteiger partial charge on any atom is 0.407 e. The molecule has 3 aromatic rings. The molecule has 3 amide bonds. The average molecular weight is 817 g/mol. The van der Waals surface area contributed by atoms with Crippen LogP contribution in [0.5, 0.6) is 0 Å². The molecule has 5 rings (SSSR count). The third kappa shape index (κ3) is 9.44. The molecule has 4 N–H and O–H groups in total. The Labute approximate surface area is 325 Å². The molecule has 55 heavy (non-hydrogen) atoms. The van der Waals surface area contributed by atoms with Crippen molar-refractivity contribution in [2.24, 2.45) is 0 Å². The third-order valence-corrected chi connectivity index (χ3v) is 11.5. The van der Waals surface area contributed by atoms with Crippen LogP contribution in [0, 0.1) is 0 Å². The highest BCUT2D eigenvalue weighted by molar-refractivity contribution is 7.92. The standard InChI is InChI=1S/C37H35Cl2N3O12S/c1-20(43)53-18-25-19-55(51,52)34-30(33(45)42(34)31(25)36(48)49)41-32(44)27(11-6-14-40-37(50)54-17-24-12-13-26(38)16-28(24)39)22-9-5-10-23(15-22)29(35(46)47)21-7-3-2-4-8-21/h2-5,7-10,12-13,15-16,27,29-30,34H,6,11,14,17-19H2,1H3,(H,40,50)(H,41,44)(H,46,47)(H,48,49)/t27?,29?,30-,34-/m0/s1. The molecule has 0 spiro atoms. The Morgan fingerprint density at radius 2 is 1.60 bits per heavy atom. The Balaban J connectivity index is 1.36. The normalized spacial score (nSPS) is 18.2. The number of carboxylic acids is 2. The molecule has 0 aliphatic carbocycles. The number of rotatable bonds is 15. The van der Waals surface area contributed by atoms with Crippen molar-refractivity contribution in [1.82, 2.24) is 15.5 Å². The van der Waals surface area contributed by atoms with Crippen molar-refractivity contribution in [2.45, 2.75) is 49.6 Å². The van der Waals surface area contributed by atoms with Gasteiger partial charge in [-0.3, -0.25) is 24.1 Å². The Kier molecular flexibility index (Phi) is 12.8. The highest BCUT2D eigenvalue weighted by Gasteiger charge is 2.60. The van der Waals surface area contributed by atoms with Crippen molar-refractivity contribution in [3.05, 3.63) is 116 Å². The van der Waals surface area contributed by atoms with Crippen molar-refractivity contribution in [1.29, 1.82) is 0 Å². The minimum absolute atomic E-state index is 0.0173. The zero-order valence-electron chi connectivity index (χ0n) is 29.1. The van der Waals surface area contributed by atoms with Gasteiger partial charge in [0.15, 0.2) is 15.2 Å². The number of sulfone groups is 1. The van der Waals surface area contributed by atoms with Crippen molar-refractivity contribution in [3.8, 4) is 0 Å². The van der Waals surface area contributed by atoms with Gasteiger partial charge in [0.2, 0.25) is 5.91 Å². The molecule has 3 aromatic carbocycles. The summed E-state index contributed by atoms with van der Waals surface area (Å²) in [6.07, 6.45) is -0.589. The Morgan fingerprint density at radius 3 is 2.25 bits per heavy atom. The van der Waals surface area contributed by atoms with Gasteiger partial charge in [-0.05, 0) is 41.7 Å². The first-order valence-electron chi connectivity index (χ1n) is 16.7. The van der Waals surface area contributed by atoms with Gasteiger partial charge < -0.3 is 30.3 Å². The van der Waals surface area contributed by atoms with Crippen LogP contribution < -0.4 is 10.6 Å². The van der Waals surface area contributed by atoms with Crippen LogP contribution in [0.25, 0.3) is 0 Å². The summed E-state index contributed by atoms with van der Waals surface area (Å²) in [5.41, 5.74) is 0.714. The molecule has 0 radical (unpaired) electrons. The molecule has 1 saturated heterocycles. The second-order valence-electron chi connectivity index (χ2n) is 12.7. The van der Waals surface area contributed by atoms with Gasteiger partial charge in [0.1, 0.15) is 30.9 Å². The van der Waals surface area contributed by atoms with Gasteiger partial charge in [0.25, 0.3) is 5.91 Å². The van der Waals surface area contributed by atoms with E-state index in [0.29, 0.717) is 37.2 Å². The van der Waals surface area contributed by atoms with E-state index in [4.69, 9.17) is 32.7 Å². The molecule has 0 aromatic heterocycles. The van der Waals surface area contributed by atoms with Crippen LogP contribution in [0.2, 0.25) is 10.0 Å². The van der Waals surface area contributed by atoms with E-state index in [1.165, 1.54) is 12.1 Å². The highest BCUT2D eigenvalue weighted by atomic mass is 35.5. The summed E-state index contributed by atoms with van der Waals surface area (Å²) in [6.45, 7) is 0.257. The zero-order chi connectivity index (χ0) is 40.0. The SMILES string of the molecule is CC(=O)OCC1=C(C(=O)O)N2C(=O)[C@H](NC(=O)C(CCCNC(=O)OCc3ccc(Cl)cc3Cl)c3cccc(C(C(=O)O)c4ccccc4)c3)[C@@H]2S(=O)(=O)C1. The van der Waals surface area contributed by atoms with Gasteiger partial charge in [0, 0.05) is 34.7 Å². The number of halogens is 2. The lowest BCUT2D eigenvalue weighted by Gasteiger charge is -2.49. The minimum Gasteiger partial charge on any atom is -0.481 e. The second kappa shape index (κ2) is 17.3. The van der Waals surface area contributed by atoms with Gasteiger partial charge in [0.05, 0.1) is 11.7 Å². The third-order valence-electron chi connectivity index (χ3n) is 8.97. The molecule has 0 bridgehead atoms. The minimum atomic E-state index is -4.29. The van der Waals surface area contributed by atoms with Crippen molar-refractivity contribution < 1.29 is 56.9 Å². The average Bonchev–Trinajstić information content (AvgIpc) is 3.12. The number of ether oxygens (including phenoxy) is 2. The van der Waals surface area contributed by atoms with Gasteiger partial charge in [-0.2, -0.15) is 0 Å². The number of carbonyl (C=O) groups excluding carboxylic acids is 4. The molecular weight excluding hydrogens is 781 g/mol. The smallest absolute Gasteiger partial charge is 0.407 e. The zero-order valence-corrected chi connectivity index (χ0v) is 31.4. The molecule has 2 aliphatic rings. The Bertz CT molecular complexity index is 2160. The highest BCUT2D eigenvalue weighted by Crippen LogP contribution is 2.38. The first-order valence-corrected chi connectivity index (χ1v) is 19.2. The Hall–Kier alpha value is -5.45. The molecule has 0 saturated carbocycles. The first-order chi connectivity index (χ1) is 26.1. The number of benzene rings is 3. The summed E-state index contributed by atoms with van der Waals surface area (Å²) >= 11 is 12.1. The number of nitrogens with zero attached hydrogens (tertiary/aromatic N) is 1. The monoisotopic (exact) mass is 815 g/mol. The molecule has 15 nitrogen and oxygen atoms in total. The van der Waals surface area contributed by atoms with Gasteiger partial charge >= 0.3 is 24.0 Å². The largest absolute Gasteiger partial charge is 0.481 e. The summed E-state index contributed by atoms with van der Waals surface area (Å²) in [7, 11) is -4.29. The Morgan fingerprint density at radius 1 is 0.909 bits per heavy atom. The topological polar surface area (TPSA) is 223 Å². The van der Waals surface area contributed by atoms with E-state index >= 15 is 0 Å². The summed E-state index contributed by atoms with van der Waals surface area (Å²) in [4.78, 5) is 76.4. The fourth-order valence-corrected chi connectivity index (χ4v) is 8.90. The number of alkyl carbamates (subject to hydrolysis) is 1. The maximum absolute atomic E-state index is 14.1. The molecule has 2 unspecified atom stereocenters. The van der Waals surface area contributed by atoms with E-state index in [1.54, 1.807) is 60.7 Å². The molecular formula is C37H35Cl2N3O12S. The maximum atomic E-state index is 14.1. The predicted octanol–water partition coefficient (Wildman–Crippen LogP) is 3.98. The fraction of sp³-hybridized carbons (Fsp3) is 0.297. The molecule has 4 atom stereocenters. The van der Waals surface area contributed by atoms with Crippen LogP contribution in [0.4, 0.5) is 4.79 Å². The molecule has 1 fully saturated rings. The first kappa shape index (κ1) is 40.7. The number of carbonyl (C=O) groups is 6. The van der Waals surface area contributed by atoms with E-state index in [0.717, 1.165) is 6.92 Å². The van der Waals surface area contributed by atoms with Crippen LogP contribution in [-0.2, 0) is 49.9 Å². The summed E-state index contributed by atoms with van der Waals surface area (Å²) in [6, 6.07) is 17.7. The number of aliphatic carboxylic acids is 2. The number of nitrogens with one attached hydrogen (secondary N) is 2. The lowest BCUT2D eigenvalue weighted by molar-refractivity contribution is -0.151. The summed E-state index contributed by atoms with van der Waals surface area (Å²) in [5.74, 6) is -8.41. The van der Waals surface area contributed by atoms with Gasteiger partial charge in [-0.1, -0.05) is 83.9 Å². The van der Waals surface area contributed by atoms with E-state index in [2.05, 4.69) is 10.6 Å². The van der Waals surface area contributed by atoms with E-state index < -0.39 is 87.0 Å². The van der Waals surface area contributed by atoms with Gasteiger partial charge in [-0.25, -0.2) is 18.0 Å². The second-order valence-corrected chi connectivity index (χ2v) is 15.7. The molecule has 18 heteroatoms. The lowest BCUT2D eigenvalue weighted by Crippen LogP contribution is -2.75. The number of carboxylic acid groups (broad SMARTS) is 2. The van der Waals surface area contributed by atoms with Crippen LogP contribution in [0.15, 0.2) is 84.1 Å². The number of hydrogen-bond acceptors (Lipinski definition) is 10. The van der Waals surface area contributed by atoms with Crippen LogP contribution in [0.1, 0.15) is 53.9 Å². The van der Waals surface area contributed by atoms with Crippen molar-refractivity contribution in [2.75, 3.05) is 18.9 Å². The van der Waals surface area contributed by atoms with E-state index in [1.807, 2.05) is 0 Å². The number of esters is 1. The molecule has 290 valence electrons.